The second-order valence-electron chi connectivity index (χ2n) is 0.447. The third kappa shape index (κ3) is 314. The maximum Gasteiger partial charge on any atom is 6.00 e. The second kappa shape index (κ2) is 12.0. The Morgan fingerprint density at radius 2 is 0.556 bits per heavy atom. The first kappa shape index (κ1) is 16.7. The van der Waals surface area contributed by atoms with Crippen molar-refractivity contribution in [3.8, 4) is 0 Å². The molecule has 0 saturated carbocycles. The molecule has 0 radical (unpaired) electrons. The van der Waals surface area contributed by atoms with Gasteiger partial charge in [-0.25, -0.2) is 0 Å². The van der Waals surface area contributed by atoms with Crippen LogP contribution in [-0.2, 0) is 19.5 Å². The summed E-state index contributed by atoms with van der Waals surface area (Å²) < 4.78 is 0. The van der Waals surface area contributed by atoms with Crippen molar-refractivity contribution in [1.29, 1.82) is 0 Å². The summed E-state index contributed by atoms with van der Waals surface area (Å²) in [5, 5.41) is 0. The summed E-state index contributed by atoms with van der Waals surface area (Å²) in [5.41, 5.74) is 0. The van der Waals surface area contributed by atoms with E-state index >= 15 is 0 Å². The third-order valence-corrected chi connectivity index (χ3v) is 0. The van der Waals surface area contributed by atoms with Crippen molar-refractivity contribution in [3.05, 3.63) is 0 Å². The van der Waals surface area contributed by atoms with Gasteiger partial charge in [0.2, 0.25) is 0 Å². The normalized spacial score (nSPS) is 8.00. The van der Waals surface area contributed by atoms with Crippen LogP contribution >= 0.6 is 17.2 Å². The van der Waals surface area contributed by atoms with Crippen LogP contribution in [0.25, 0.3) is 0 Å². The van der Waals surface area contributed by atoms with Gasteiger partial charge in [0.05, 0.1) is 0 Å². The summed E-state index contributed by atoms with van der Waals surface area (Å²) in [7, 11) is -6.74. The molecule has 6 nitrogen and oxygen atoms in total. The first-order chi connectivity index (χ1) is 3.46. The average molecular weight is 259 g/mol. The van der Waals surface area contributed by atoms with Gasteiger partial charge in [-0.2, -0.15) is 0 Å². The van der Waals surface area contributed by atoms with Crippen LogP contribution in [0.3, 0.4) is 0 Å². The van der Waals surface area contributed by atoms with E-state index < -0.39 is 17.2 Å². The summed E-state index contributed by atoms with van der Waals surface area (Å²) in [5.74, 6) is 0. The molecular formula is O6P2Ru. The fraction of sp³-hybridized carbons (Fsp3) is 0. The van der Waals surface area contributed by atoms with Crippen molar-refractivity contribution in [3.63, 3.8) is 0 Å². The molecule has 0 spiro atoms. The summed E-state index contributed by atoms with van der Waals surface area (Å²) in [4.78, 5) is 50.9. The molecule has 0 aromatic heterocycles. The zero-order valence-corrected chi connectivity index (χ0v) is 7.22. The topological polar surface area (TPSA) is 138 Å². The molecule has 9 heteroatoms. The van der Waals surface area contributed by atoms with Gasteiger partial charge in [-0.05, 0) is 0 Å². The monoisotopic (exact) mass is 260 g/mol. The summed E-state index contributed by atoms with van der Waals surface area (Å²) >= 11 is 0. The first-order valence-corrected chi connectivity index (χ1v) is 3.29. The molecule has 0 aliphatic carbocycles. The van der Waals surface area contributed by atoms with Crippen molar-refractivity contribution in [2.24, 2.45) is 0 Å². The third-order valence-electron chi connectivity index (χ3n) is 0. The second-order valence-corrected chi connectivity index (χ2v) is 1.34. The van der Waals surface area contributed by atoms with Crippen LogP contribution in [0.4, 0.5) is 0 Å². The molecular weight excluding hydrogens is 259 g/mol. The molecule has 0 unspecified atom stereocenters. The molecule has 0 aliphatic rings. The molecule has 0 aromatic rings. The van der Waals surface area contributed by atoms with Gasteiger partial charge in [-0.3, -0.25) is 0 Å². The van der Waals surface area contributed by atoms with E-state index in [1.807, 2.05) is 0 Å². The van der Waals surface area contributed by atoms with Crippen LogP contribution in [0.5, 0.6) is 0 Å². The Kier molecular flexibility index (Phi) is 22.2. The fourth-order valence-electron chi connectivity index (χ4n) is 0. The van der Waals surface area contributed by atoms with Crippen molar-refractivity contribution in [1.82, 2.24) is 0 Å². The van der Waals surface area contributed by atoms with E-state index in [9.17, 15) is 0 Å². The zero-order valence-electron chi connectivity index (χ0n) is 3.70. The minimum atomic E-state index is -3.37. The van der Waals surface area contributed by atoms with Crippen LogP contribution in [0, 0.1) is 0 Å². The molecule has 0 heterocycles. The number of hydrogen-bond acceptors (Lipinski definition) is 6. The summed E-state index contributed by atoms with van der Waals surface area (Å²) in [6.07, 6.45) is 0. The van der Waals surface area contributed by atoms with Gasteiger partial charge < -0.3 is 46.6 Å². The van der Waals surface area contributed by atoms with Crippen LogP contribution in [0.15, 0.2) is 0 Å². The number of rotatable bonds is 0. The van der Waals surface area contributed by atoms with Crippen molar-refractivity contribution < 1.29 is 48.8 Å². The Morgan fingerprint density at radius 3 is 0.556 bits per heavy atom. The molecule has 0 atom stereocenters. The van der Waals surface area contributed by atoms with Crippen LogP contribution in [0.1, 0.15) is 0 Å². The van der Waals surface area contributed by atoms with Gasteiger partial charge in [-0.15, -0.1) is 0 Å². The minimum Gasteiger partial charge on any atom is -0.854 e. The first-order valence-electron chi connectivity index (χ1n) is 1.10. The Morgan fingerprint density at radius 1 is 0.556 bits per heavy atom. The predicted octanol–water partition coefficient (Wildman–Crippen LogP) is -5.41. The van der Waals surface area contributed by atoms with E-state index in [0.717, 1.165) is 0 Å². The Hall–Kier alpha value is 1.24. The van der Waals surface area contributed by atoms with Crippen molar-refractivity contribution >= 4 is 17.2 Å². The Bertz CT molecular complexity index is 26.5. The van der Waals surface area contributed by atoms with Gasteiger partial charge in [0.25, 0.3) is 0 Å². The van der Waals surface area contributed by atoms with Gasteiger partial charge in [0.1, 0.15) is 0 Å². The molecule has 0 rings (SSSR count). The van der Waals surface area contributed by atoms with Crippen LogP contribution < -0.4 is 29.4 Å². The molecule has 0 fully saturated rings. The molecule has 9 heavy (non-hydrogen) atoms. The van der Waals surface area contributed by atoms with E-state index in [1.54, 1.807) is 0 Å². The van der Waals surface area contributed by atoms with Crippen molar-refractivity contribution in [2.75, 3.05) is 0 Å². The average Bonchev–Trinajstić information content (AvgIpc) is 1.25. The van der Waals surface area contributed by atoms with Gasteiger partial charge >= 0.3 is 19.5 Å². The largest absolute Gasteiger partial charge is 6.00 e. The SMILES string of the molecule is [O-]P([O-])[O-].[O-]P([O-])[O-].[Ru+6]. The van der Waals surface area contributed by atoms with E-state index in [4.69, 9.17) is 29.4 Å². The Labute approximate surface area is 66.5 Å². The maximum absolute atomic E-state index is 8.48. The maximum atomic E-state index is 8.48. The van der Waals surface area contributed by atoms with E-state index in [-0.39, 0.29) is 19.5 Å². The van der Waals surface area contributed by atoms with Gasteiger partial charge in [0, 0.05) is 0 Å². The summed E-state index contributed by atoms with van der Waals surface area (Å²) in [6.45, 7) is 0. The van der Waals surface area contributed by atoms with E-state index in [0.29, 0.717) is 0 Å². The van der Waals surface area contributed by atoms with E-state index in [2.05, 4.69) is 0 Å². The van der Waals surface area contributed by atoms with Crippen molar-refractivity contribution in [2.45, 2.75) is 0 Å². The Balaban J connectivity index is -0.0000000720. The van der Waals surface area contributed by atoms with Gasteiger partial charge in [0.15, 0.2) is 0 Å². The quantitative estimate of drug-likeness (QED) is 0.314. The molecule has 0 amide bonds. The molecule has 0 aliphatic heterocycles. The van der Waals surface area contributed by atoms with Gasteiger partial charge in [-0.1, -0.05) is 0 Å². The molecule has 0 saturated heterocycles. The zero-order chi connectivity index (χ0) is 7.15. The van der Waals surface area contributed by atoms with E-state index in [1.165, 1.54) is 0 Å². The fourth-order valence-corrected chi connectivity index (χ4v) is 0. The number of hydrogen-bond donors (Lipinski definition) is 0. The smallest absolute Gasteiger partial charge is 0.854 e. The predicted molar refractivity (Wildman–Crippen MR) is 13.8 cm³/mol. The minimum absolute atomic E-state index is 0. The summed E-state index contributed by atoms with van der Waals surface area (Å²) in [6, 6.07) is 0. The van der Waals surface area contributed by atoms with Crippen LogP contribution in [-0.4, -0.2) is 0 Å². The molecule has 0 aromatic carbocycles. The molecule has 54 valence electrons. The molecule has 0 N–H and O–H groups in total. The molecule has 0 bridgehead atoms. The standard InChI is InChI=1S/2O3P.Ru/c2*1-4(2)3;/q2*-3;+6. The van der Waals surface area contributed by atoms with Crippen LogP contribution in [0.2, 0.25) is 0 Å².